The highest BCUT2D eigenvalue weighted by Crippen LogP contribution is 2.54. The molecular weight excluding hydrogens is 304 g/mol. The molecule has 0 atom stereocenters. The van der Waals surface area contributed by atoms with E-state index in [2.05, 4.69) is 28.0 Å². The van der Waals surface area contributed by atoms with E-state index in [-0.39, 0.29) is 0 Å². The maximum atomic E-state index is 11.1. The van der Waals surface area contributed by atoms with Gasteiger partial charge in [0.2, 0.25) is 0 Å². The molecule has 2 saturated carbocycles. The Morgan fingerprint density at radius 1 is 1.21 bits per heavy atom. The van der Waals surface area contributed by atoms with Crippen molar-refractivity contribution in [1.29, 1.82) is 0 Å². The van der Waals surface area contributed by atoms with E-state index in [1.165, 1.54) is 38.5 Å². The molecule has 1 aromatic heterocycles. The summed E-state index contributed by atoms with van der Waals surface area (Å²) in [7, 11) is 0. The second kappa shape index (κ2) is 4.88. The summed E-state index contributed by atoms with van der Waals surface area (Å²) in [4.78, 5) is 0. The first-order chi connectivity index (χ1) is 9.09. The number of halogens is 1. The predicted octanol–water partition coefficient (Wildman–Crippen LogP) is 3.99. The van der Waals surface area contributed by atoms with Crippen molar-refractivity contribution in [2.24, 2.45) is 5.41 Å². The summed E-state index contributed by atoms with van der Waals surface area (Å²) in [5, 5.41) is 15.4. The maximum absolute atomic E-state index is 11.1. The molecule has 106 valence electrons. The minimum absolute atomic E-state index is 0.551. The molecule has 0 radical (unpaired) electrons. The predicted molar refractivity (Wildman–Crippen MR) is 78.9 cm³/mol. The van der Waals surface area contributed by atoms with Crippen molar-refractivity contribution in [3.8, 4) is 0 Å². The molecule has 0 aromatic carbocycles. The molecule has 1 spiro atoms. The molecule has 3 rings (SSSR count). The van der Waals surface area contributed by atoms with Crippen LogP contribution in [0.5, 0.6) is 0 Å². The van der Waals surface area contributed by atoms with Crippen LogP contribution in [0.3, 0.4) is 0 Å². The molecule has 0 unspecified atom stereocenters. The Kier molecular flexibility index (Phi) is 3.50. The molecule has 2 fully saturated rings. The number of aromatic nitrogens is 2. The van der Waals surface area contributed by atoms with Crippen molar-refractivity contribution < 1.29 is 5.11 Å². The van der Waals surface area contributed by atoms with Gasteiger partial charge in [0.1, 0.15) is 5.60 Å². The van der Waals surface area contributed by atoms with Gasteiger partial charge in [-0.25, -0.2) is 0 Å². The van der Waals surface area contributed by atoms with Crippen molar-refractivity contribution in [2.45, 2.75) is 70.4 Å². The molecule has 0 amide bonds. The number of hydrogen-bond donors (Lipinski definition) is 1. The number of nitrogens with zero attached hydrogens (tertiary/aromatic N) is 2. The molecule has 0 aliphatic heterocycles. The third-order valence-corrected chi connectivity index (χ3v) is 5.92. The van der Waals surface area contributed by atoms with Gasteiger partial charge in [0, 0.05) is 6.54 Å². The lowest BCUT2D eigenvalue weighted by Gasteiger charge is -2.42. The normalized spacial score (nSPS) is 25.0. The Balaban J connectivity index is 1.83. The van der Waals surface area contributed by atoms with Crippen molar-refractivity contribution in [1.82, 2.24) is 9.78 Å². The summed E-state index contributed by atoms with van der Waals surface area (Å²) in [5.74, 6) is 0. The lowest BCUT2D eigenvalue weighted by atomic mass is 9.67. The van der Waals surface area contributed by atoms with Crippen LogP contribution in [0.25, 0.3) is 0 Å². The van der Waals surface area contributed by atoms with Crippen LogP contribution in [0.15, 0.2) is 10.7 Å². The summed E-state index contributed by atoms with van der Waals surface area (Å²) in [6, 6.07) is 0. The lowest BCUT2D eigenvalue weighted by Crippen LogP contribution is -2.38. The van der Waals surface area contributed by atoms with Crippen LogP contribution in [-0.2, 0) is 12.1 Å². The second-order valence-corrected chi connectivity index (χ2v) is 7.25. The van der Waals surface area contributed by atoms with Gasteiger partial charge in [-0.15, -0.1) is 0 Å². The lowest BCUT2D eigenvalue weighted by molar-refractivity contribution is -0.0445. The van der Waals surface area contributed by atoms with Crippen LogP contribution in [-0.4, -0.2) is 14.9 Å². The fourth-order valence-corrected chi connectivity index (χ4v) is 4.79. The minimum Gasteiger partial charge on any atom is -0.384 e. The Morgan fingerprint density at radius 2 is 1.84 bits per heavy atom. The smallest absolute Gasteiger partial charge is 0.107 e. The van der Waals surface area contributed by atoms with Crippen LogP contribution in [0.1, 0.15) is 64.0 Å². The molecule has 4 heteroatoms. The number of aliphatic hydroxyl groups is 1. The molecule has 0 saturated heterocycles. The average Bonchev–Trinajstić information content (AvgIpc) is 3.01. The summed E-state index contributed by atoms with van der Waals surface area (Å²) < 4.78 is 2.90. The summed E-state index contributed by atoms with van der Waals surface area (Å²) in [5.41, 5.74) is 0.859. The SMILES string of the molecule is CCn1ncc(Br)c1C1(O)CCC2(CCCC2)CC1. The van der Waals surface area contributed by atoms with Gasteiger partial charge in [-0.2, -0.15) is 5.10 Å². The van der Waals surface area contributed by atoms with E-state index in [1.54, 1.807) is 0 Å². The quantitative estimate of drug-likeness (QED) is 0.892. The fourth-order valence-electron chi connectivity index (χ4n) is 4.12. The van der Waals surface area contributed by atoms with Gasteiger partial charge >= 0.3 is 0 Å². The van der Waals surface area contributed by atoms with Crippen molar-refractivity contribution >= 4 is 15.9 Å². The Labute approximate surface area is 123 Å². The Bertz CT molecular complexity index is 453. The van der Waals surface area contributed by atoms with Crippen LogP contribution >= 0.6 is 15.9 Å². The molecule has 1 heterocycles. The molecule has 2 aliphatic carbocycles. The second-order valence-electron chi connectivity index (χ2n) is 6.40. The van der Waals surface area contributed by atoms with E-state index < -0.39 is 5.60 Å². The zero-order valence-corrected chi connectivity index (χ0v) is 13.2. The molecule has 2 aliphatic rings. The fraction of sp³-hybridized carbons (Fsp3) is 0.800. The monoisotopic (exact) mass is 326 g/mol. The van der Waals surface area contributed by atoms with E-state index in [9.17, 15) is 5.11 Å². The third-order valence-electron chi connectivity index (χ3n) is 5.34. The number of hydrogen-bond acceptors (Lipinski definition) is 2. The van der Waals surface area contributed by atoms with Gasteiger partial charge in [-0.1, -0.05) is 12.8 Å². The molecule has 1 N–H and O–H groups in total. The largest absolute Gasteiger partial charge is 0.384 e. The zero-order chi connectivity index (χ0) is 13.5. The van der Waals surface area contributed by atoms with Crippen LogP contribution in [0, 0.1) is 5.41 Å². The van der Waals surface area contributed by atoms with E-state index in [1.807, 2.05) is 10.9 Å². The highest BCUT2D eigenvalue weighted by molar-refractivity contribution is 9.10. The Hall–Kier alpha value is -0.350. The van der Waals surface area contributed by atoms with Crippen molar-refractivity contribution in [3.05, 3.63) is 16.4 Å². The van der Waals surface area contributed by atoms with Crippen LogP contribution in [0.2, 0.25) is 0 Å². The van der Waals surface area contributed by atoms with E-state index in [0.717, 1.165) is 29.6 Å². The first-order valence-corrected chi connectivity index (χ1v) is 8.32. The first kappa shape index (κ1) is 13.6. The van der Waals surface area contributed by atoms with Gasteiger partial charge in [-0.3, -0.25) is 4.68 Å². The topological polar surface area (TPSA) is 38.0 Å². The van der Waals surface area contributed by atoms with Gasteiger partial charge in [0.15, 0.2) is 0 Å². The highest BCUT2D eigenvalue weighted by atomic mass is 79.9. The van der Waals surface area contributed by atoms with Gasteiger partial charge in [0.05, 0.1) is 16.4 Å². The van der Waals surface area contributed by atoms with Crippen LogP contribution in [0.4, 0.5) is 0 Å². The molecule has 1 aromatic rings. The summed E-state index contributed by atoms with van der Waals surface area (Å²) in [6.07, 6.45) is 11.4. The van der Waals surface area contributed by atoms with Gasteiger partial charge in [-0.05, 0) is 66.8 Å². The maximum Gasteiger partial charge on any atom is 0.107 e. The number of rotatable bonds is 2. The van der Waals surface area contributed by atoms with E-state index in [0.29, 0.717) is 5.41 Å². The standard InChI is InChI=1S/C15H23BrN2O/c1-2-18-13(12(16)11-17-18)15(19)9-7-14(8-10-15)5-3-4-6-14/h11,19H,2-10H2,1H3. The third kappa shape index (κ3) is 2.27. The molecule has 0 bridgehead atoms. The van der Waals surface area contributed by atoms with Crippen molar-refractivity contribution in [2.75, 3.05) is 0 Å². The van der Waals surface area contributed by atoms with Gasteiger partial charge < -0.3 is 5.11 Å². The van der Waals surface area contributed by atoms with Crippen molar-refractivity contribution in [3.63, 3.8) is 0 Å². The number of aryl methyl sites for hydroxylation is 1. The highest BCUT2D eigenvalue weighted by Gasteiger charge is 2.45. The summed E-state index contributed by atoms with van der Waals surface area (Å²) in [6.45, 7) is 2.89. The average molecular weight is 327 g/mol. The van der Waals surface area contributed by atoms with Crippen LogP contribution < -0.4 is 0 Å². The zero-order valence-electron chi connectivity index (χ0n) is 11.7. The van der Waals surface area contributed by atoms with Gasteiger partial charge in [0.25, 0.3) is 0 Å². The van der Waals surface area contributed by atoms with E-state index >= 15 is 0 Å². The molecule has 19 heavy (non-hydrogen) atoms. The van der Waals surface area contributed by atoms with E-state index in [4.69, 9.17) is 0 Å². The summed E-state index contributed by atoms with van der Waals surface area (Å²) >= 11 is 3.56. The minimum atomic E-state index is -0.681. The Morgan fingerprint density at radius 3 is 2.42 bits per heavy atom. The first-order valence-electron chi connectivity index (χ1n) is 7.53. The molecular formula is C15H23BrN2O. The molecule has 3 nitrogen and oxygen atoms in total.